The monoisotopic (exact) mass is 162 g/mol. The zero-order valence-corrected chi connectivity index (χ0v) is 7.38. The fourth-order valence-corrected chi connectivity index (χ4v) is 1.83. The molecule has 2 nitrogen and oxygen atoms in total. The predicted octanol–water partition coefficient (Wildman–Crippen LogP) is 1.68. The highest BCUT2D eigenvalue weighted by molar-refractivity contribution is 5.28. The highest BCUT2D eigenvalue weighted by Gasteiger charge is 2.16. The number of aromatic nitrogens is 1. The van der Waals surface area contributed by atoms with Gasteiger partial charge in [-0.1, -0.05) is 6.92 Å². The summed E-state index contributed by atoms with van der Waals surface area (Å²) in [5.74, 6) is 0. The van der Waals surface area contributed by atoms with Gasteiger partial charge in [-0.2, -0.15) is 0 Å². The van der Waals surface area contributed by atoms with Gasteiger partial charge in [-0.3, -0.25) is 4.98 Å². The van der Waals surface area contributed by atoms with Gasteiger partial charge in [0.2, 0.25) is 0 Å². The maximum absolute atomic E-state index is 4.16. The van der Waals surface area contributed by atoms with E-state index < -0.39 is 0 Å². The van der Waals surface area contributed by atoms with E-state index in [1.54, 1.807) is 0 Å². The first-order valence-electron chi connectivity index (χ1n) is 4.58. The average Bonchev–Trinajstić information content (AvgIpc) is 2.17. The highest BCUT2D eigenvalue weighted by atomic mass is 14.9. The molecule has 0 amide bonds. The maximum Gasteiger partial charge on any atom is 0.0335 e. The minimum absolute atomic E-state index is 0.530. The molecule has 0 aliphatic carbocycles. The van der Waals surface area contributed by atoms with Crippen LogP contribution in [0, 0.1) is 0 Å². The van der Waals surface area contributed by atoms with E-state index in [0.29, 0.717) is 6.04 Å². The van der Waals surface area contributed by atoms with Gasteiger partial charge in [0, 0.05) is 18.4 Å². The second-order valence-electron chi connectivity index (χ2n) is 3.24. The number of rotatable bonds is 1. The molecule has 0 saturated carbocycles. The number of hydrogen-bond donors (Lipinski definition) is 1. The molecule has 0 bridgehead atoms. The molecule has 0 radical (unpaired) electrons. The van der Waals surface area contributed by atoms with Gasteiger partial charge in [-0.25, -0.2) is 0 Å². The molecule has 0 spiro atoms. The molecular weight excluding hydrogens is 148 g/mol. The lowest BCUT2D eigenvalue weighted by atomic mass is 9.95. The van der Waals surface area contributed by atoms with Crippen LogP contribution in [0.5, 0.6) is 0 Å². The lowest BCUT2D eigenvalue weighted by Gasteiger charge is -2.25. The Balaban J connectivity index is 2.37. The SMILES string of the molecule is CCC1NCCc2ccncc21. The summed E-state index contributed by atoms with van der Waals surface area (Å²) in [6.07, 6.45) is 6.18. The Bertz CT molecular complexity index is 270. The van der Waals surface area contributed by atoms with Gasteiger partial charge in [0.1, 0.15) is 0 Å². The first-order valence-corrected chi connectivity index (χ1v) is 4.58. The van der Waals surface area contributed by atoms with Gasteiger partial charge >= 0.3 is 0 Å². The van der Waals surface area contributed by atoms with E-state index in [4.69, 9.17) is 0 Å². The van der Waals surface area contributed by atoms with Crippen molar-refractivity contribution in [3.05, 3.63) is 29.6 Å². The molecule has 0 fully saturated rings. The van der Waals surface area contributed by atoms with Crippen molar-refractivity contribution in [2.24, 2.45) is 0 Å². The first-order chi connectivity index (χ1) is 5.92. The van der Waals surface area contributed by atoms with Crippen molar-refractivity contribution < 1.29 is 0 Å². The molecular formula is C10H14N2. The van der Waals surface area contributed by atoms with Gasteiger partial charge in [0.15, 0.2) is 0 Å². The van der Waals surface area contributed by atoms with Crippen molar-refractivity contribution in [1.29, 1.82) is 0 Å². The highest BCUT2D eigenvalue weighted by Crippen LogP contribution is 2.23. The third-order valence-corrected chi connectivity index (χ3v) is 2.51. The largest absolute Gasteiger partial charge is 0.310 e. The van der Waals surface area contributed by atoms with E-state index in [9.17, 15) is 0 Å². The molecule has 0 aromatic carbocycles. The van der Waals surface area contributed by atoms with Gasteiger partial charge in [-0.05, 0) is 36.6 Å². The Morgan fingerprint density at radius 2 is 2.58 bits per heavy atom. The maximum atomic E-state index is 4.16. The van der Waals surface area contributed by atoms with Crippen molar-refractivity contribution in [3.8, 4) is 0 Å². The van der Waals surface area contributed by atoms with E-state index in [0.717, 1.165) is 19.4 Å². The number of hydrogen-bond acceptors (Lipinski definition) is 2. The summed E-state index contributed by atoms with van der Waals surface area (Å²) in [6, 6.07) is 2.67. The van der Waals surface area contributed by atoms with Crippen LogP contribution in [0.4, 0.5) is 0 Å². The Hall–Kier alpha value is -0.890. The molecule has 1 aliphatic rings. The number of nitrogens with one attached hydrogen (secondary N) is 1. The zero-order chi connectivity index (χ0) is 8.39. The molecule has 1 unspecified atom stereocenters. The van der Waals surface area contributed by atoms with Crippen molar-refractivity contribution in [3.63, 3.8) is 0 Å². The quantitative estimate of drug-likeness (QED) is 0.679. The van der Waals surface area contributed by atoms with Gasteiger partial charge < -0.3 is 5.32 Å². The van der Waals surface area contributed by atoms with E-state index in [1.807, 2.05) is 12.4 Å². The van der Waals surface area contributed by atoms with Crippen LogP contribution in [0.1, 0.15) is 30.5 Å². The standard InChI is InChI=1S/C10H14N2/c1-2-10-9-7-11-5-3-8(9)4-6-12-10/h3,5,7,10,12H,2,4,6H2,1H3. The van der Waals surface area contributed by atoms with Crippen molar-refractivity contribution in [2.75, 3.05) is 6.54 Å². The van der Waals surface area contributed by atoms with Crippen molar-refractivity contribution in [2.45, 2.75) is 25.8 Å². The smallest absolute Gasteiger partial charge is 0.0335 e. The van der Waals surface area contributed by atoms with Crippen LogP contribution in [0.25, 0.3) is 0 Å². The summed E-state index contributed by atoms with van der Waals surface area (Å²) in [7, 11) is 0. The Kier molecular flexibility index (Phi) is 2.09. The third-order valence-electron chi connectivity index (χ3n) is 2.51. The second kappa shape index (κ2) is 3.23. The molecule has 1 atom stereocenters. The minimum atomic E-state index is 0.530. The van der Waals surface area contributed by atoms with Crippen molar-refractivity contribution >= 4 is 0 Å². The molecule has 1 aromatic heterocycles. The molecule has 1 aliphatic heterocycles. The van der Waals surface area contributed by atoms with E-state index in [1.165, 1.54) is 11.1 Å². The first kappa shape index (κ1) is 7.74. The van der Waals surface area contributed by atoms with Gasteiger partial charge in [-0.15, -0.1) is 0 Å². The van der Waals surface area contributed by atoms with Crippen LogP contribution < -0.4 is 5.32 Å². The van der Waals surface area contributed by atoms with E-state index in [2.05, 4.69) is 23.3 Å². The molecule has 0 saturated heterocycles. The molecule has 64 valence electrons. The number of nitrogens with zero attached hydrogens (tertiary/aromatic N) is 1. The van der Waals surface area contributed by atoms with Crippen LogP contribution in [0.15, 0.2) is 18.5 Å². The molecule has 2 heteroatoms. The molecule has 1 aromatic rings. The Morgan fingerprint density at radius 1 is 1.67 bits per heavy atom. The van der Waals surface area contributed by atoms with Crippen molar-refractivity contribution in [1.82, 2.24) is 10.3 Å². The lowest BCUT2D eigenvalue weighted by molar-refractivity contribution is 0.491. The topological polar surface area (TPSA) is 24.9 Å². The normalized spacial score (nSPS) is 21.9. The Labute approximate surface area is 73.0 Å². The summed E-state index contributed by atoms with van der Waals surface area (Å²) >= 11 is 0. The molecule has 12 heavy (non-hydrogen) atoms. The fourth-order valence-electron chi connectivity index (χ4n) is 1.83. The summed E-state index contributed by atoms with van der Waals surface area (Å²) in [4.78, 5) is 4.16. The molecule has 2 rings (SSSR count). The van der Waals surface area contributed by atoms with E-state index in [-0.39, 0.29) is 0 Å². The average molecular weight is 162 g/mol. The van der Waals surface area contributed by atoms with Gasteiger partial charge in [0.25, 0.3) is 0 Å². The summed E-state index contributed by atoms with van der Waals surface area (Å²) in [5.41, 5.74) is 2.86. The van der Waals surface area contributed by atoms with Crippen LogP contribution in [-0.2, 0) is 6.42 Å². The van der Waals surface area contributed by atoms with Crippen LogP contribution in [0.2, 0.25) is 0 Å². The van der Waals surface area contributed by atoms with Crippen LogP contribution >= 0.6 is 0 Å². The predicted molar refractivity (Wildman–Crippen MR) is 49.0 cm³/mol. The Morgan fingerprint density at radius 3 is 3.42 bits per heavy atom. The fraction of sp³-hybridized carbons (Fsp3) is 0.500. The number of fused-ring (bicyclic) bond motifs is 1. The summed E-state index contributed by atoms with van der Waals surface area (Å²) < 4.78 is 0. The van der Waals surface area contributed by atoms with Crippen LogP contribution in [-0.4, -0.2) is 11.5 Å². The lowest BCUT2D eigenvalue weighted by Crippen LogP contribution is -2.29. The van der Waals surface area contributed by atoms with Gasteiger partial charge in [0.05, 0.1) is 0 Å². The van der Waals surface area contributed by atoms with Crippen LogP contribution in [0.3, 0.4) is 0 Å². The number of pyridine rings is 1. The molecule has 2 heterocycles. The summed E-state index contributed by atoms with van der Waals surface area (Å²) in [5, 5.41) is 3.48. The zero-order valence-electron chi connectivity index (χ0n) is 7.38. The summed E-state index contributed by atoms with van der Waals surface area (Å²) in [6.45, 7) is 3.31. The molecule has 1 N–H and O–H groups in total. The van der Waals surface area contributed by atoms with E-state index >= 15 is 0 Å². The minimum Gasteiger partial charge on any atom is -0.310 e. The third kappa shape index (κ3) is 1.23. The second-order valence-corrected chi connectivity index (χ2v) is 3.24.